The van der Waals surface area contributed by atoms with Crippen molar-refractivity contribution in [3.05, 3.63) is 27.5 Å². The predicted octanol–water partition coefficient (Wildman–Crippen LogP) is 3.63. The molecule has 1 heterocycles. The minimum absolute atomic E-state index is 0.149. The Labute approximate surface area is 101 Å². The van der Waals surface area contributed by atoms with Gasteiger partial charge in [-0.05, 0) is 23.7 Å². The van der Waals surface area contributed by atoms with Crippen LogP contribution in [0.2, 0.25) is 15.3 Å². The van der Waals surface area contributed by atoms with E-state index in [2.05, 4.69) is 15.3 Å². The molecule has 0 bridgehead atoms. The molecule has 15 heavy (non-hydrogen) atoms. The maximum absolute atomic E-state index is 6.00. The minimum Gasteiger partial charge on any atom is -0.372 e. The van der Waals surface area contributed by atoms with E-state index in [1.807, 2.05) is 0 Å². The number of anilines is 1. The van der Waals surface area contributed by atoms with E-state index in [-0.39, 0.29) is 5.28 Å². The Balaban J connectivity index is 2.89. The molecule has 0 aliphatic rings. The van der Waals surface area contributed by atoms with Crippen LogP contribution in [0, 0.1) is 0 Å². The number of aromatic nitrogens is 2. The maximum Gasteiger partial charge on any atom is 0.224 e. The van der Waals surface area contributed by atoms with Gasteiger partial charge in [-0.3, -0.25) is 0 Å². The van der Waals surface area contributed by atoms with E-state index in [1.165, 1.54) is 0 Å². The molecule has 0 saturated heterocycles. The van der Waals surface area contributed by atoms with Crippen molar-refractivity contribution in [1.29, 1.82) is 0 Å². The number of halogens is 3. The fourth-order valence-corrected chi connectivity index (χ4v) is 2.03. The van der Waals surface area contributed by atoms with Crippen LogP contribution in [0.5, 0.6) is 0 Å². The lowest BCUT2D eigenvalue weighted by molar-refractivity contribution is 1.21. The molecule has 6 heteroatoms. The molecule has 0 unspecified atom stereocenters. The summed E-state index contributed by atoms with van der Waals surface area (Å²) < 4.78 is 0. The third kappa shape index (κ3) is 1.95. The zero-order chi connectivity index (χ0) is 11.0. The SMILES string of the molecule is CNc1nc(Cl)nc2c(Cl)cc(Cl)cc12. The predicted molar refractivity (Wildman–Crippen MR) is 64.1 cm³/mol. The average molecular weight is 263 g/mol. The number of hydrogen-bond donors (Lipinski definition) is 1. The molecule has 0 radical (unpaired) electrons. The molecule has 0 spiro atoms. The molecule has 2 rings (SSSR count). The highest BCUT2D eigenvalue weighted by molar-refractivity contribution is 6.39. The second-order valence-electron chi connectivity index (χ2n) is 2.88. The summed E-state index contributed by atoms with van der Waals surface area (Å²) in [5, 5.41) is 4.80. The smallest absolute Gasteiger partial charge is 0.224 e. The summed E-state index contributed by atoms with van der Waals surface area (Å²) in [6.07, 6.45) is 0. The van der Waals surface area contributed by atoms with Gasteiger partial charge in [-0.15, -0.1) is 0 Å². The van der Waals surface area contributed by atoms with Crippen LogP contribution in [-0.2, 0) is 0 Å². The van der Waals surface area contributed by atoms with Gasteiger partial charge in [-0.1, -0.05) is 23.2 Å². The lowest BCUT2D eigenvalue weighted by Crippen LogP contribution is -1.96. The number of hydrogen-bond acceptors (Lipinski definition) is 3. The van der Waals surface area contributed by atoms with Gasteiger partial charge in [0.2, 0.25) is 5.28 Å². The second-order valence-corrected chi connectivity index (χ2v) is 4.06. The fourth-order valence-electron chi connectivity index (χ4n) is 1.32. The number of fused-ring (bicyclic) bond motifs is 1. The molecule has 0 amide bonds. The summed E-state index contributed by atoms with van der Waals surface area (Å²) in [5.41, 5.74) is 0.588. The lowest BCUT2D eigenvalue weighted by atomic mass is 10.2. The van der Waals surface area contributed by atoms with Crippen LogP contribution in [-0.4, -0.2) is 17.0 Å². The summed E-state index contributed by atoms with van der Waals surface area (Å²) in [6, 6.07) is 3.36. The Kier molecular flexibility index (Phi) is 2.87. The zero-order valence-electron chi connectivity index (χ0n) is 7.68. The molecular formula is C9H6Cl3N3. The zero-order valence-corrected chi connectivity index (χ0v) is 9.95. The van der Waals surface area contributed by atoms with E-state index in [1.54, 1.807) is 19.2 Å². The molecule has 78 valence electrons. The van der Waals surface area contributed by atoms with Crippen molar-refractivity contribution >= 4 is 51.5 Å². The van der Waals surface area contributed by atoms with Crippen LogP contribution in [0.4, 0.5) is 5.82 Å². The Morgan fingerprint density at radius 2 is 1.87 bits per heavy atom. The first-order valence-corrected chi connectivity index (χ1v) is 5.25. The highest BCUT2D eigenvalue weighted by Crippen LogP contribution is 2.30. The van der Waals surface area contributed by atoms with Crippen LogP contribution in [0.15, 0.2) is 12.1 Å². The summed E-state index contributed by atoms with van der Waals surface area (Å²) in [6.45, 7) is 0. The monoisotopic (exact) mass is 261 g/mol. The van der Waals surface area contributed by atoms with Crippen molar-refractivity contribution in [2.24, 2.45) is 0 Å². The van der Waals surface area contributed by atoms with E-state index >= 15 is 0 Å². The van der Waals surface area contributed by atoms with Gasteiger partial charge in [-0.2, -0.15) is 0 Å². The van der Waals surface area contributed by atoms with Gasteiger partial charge in [0.05, 0.1) is 10.5 Å². The Hall–Kier alpha value is -0.770. The Bertz CT molecular complexity index is 527. The quantitative estimate of drug-likeness (QED) is 0.798. The maximum atomic E-state index is 6.00. The highest BCUT2D eigenvalue weighted by Gasteiger charge is 2.09. The highest BCUT2D eigenvalue weighted by atomic mass is 35.5. The van der Waals surface area contributed by atoms with Crippen LogP contribution in [0.1, 0.15) is 0 Å². The van der Waals surface area contributed by atoms with Gasteiger partial charge in [0.1, 0.15) is 5.82 Å². The van der Waals surface area contributed by atoms with Crippen molar-refractivity contribution in [3.8, 4) is 0 Å². The third-order valence-electron chi connectivity index (χ3n) is 1.93. The summed E-state index contributed by atoms with van der Waals surface area (Å²) in [4.78, 5) is 8.08. The number of nitrogens with zero attached hydrogens (tertiary/aromatic N) is 2. The molecule has 0 fully saturated rings. The molecule has 0 aliphatic heterocycles. The molecular weight excluding hydrogens is 256 g/mol. The minimum atomic E-state index is 0.149. The first-order chi connectivity index (χ1) is 7.11. The number of nitrogens with one attached hydrogen (secondary N) is 1. The molecule has 1 aromatic heterocycles. The van der Waals surface area contributed by atoms with E-state index in [0.29, 0.717) is 21.4 Å². The van der Waals surface area contributed by atoms with E-state index in [0.717, 1.165) is 5.39 Å². The van der Waals surface area contributed by atoms with Gasteiger partial charge in [0, 0.05) is 17.5 Å². The van der Waals surface area contributed by atoms with Crippen LogP contribution in [0.3, 0.4) is 0 Å². The van der Waals surface area contributed by atoms with Gasteiger partial charge < -0.3 is 5.32 Å². The van der Waals surface area contributed by atoms with Gasteiger partial charge >= 0.3 is 0 Å². The molecule has 0 atom stereocenters. The summed E-state index contributed by atoms with van der Waals surface area (Å²) in [5.74, 6) is 0.606. The molecule has 0 saturated carbocycles. The van der Waals surface area contributed by atoms with Gasteiger partial charge in [0.15, 0.2) is 0 Å². The number of benzene rings is 1. The molecule has 0 aliphatic carbocycles. The number of rotatable bonds is 1. The molecule has 3 nitrogen and oxygen atoms in total. The topological polar surface area (TPSA) is 37.8 Å². The average Bonchev–Trinajstić information content (AvgIpc) is 2.18. The molecule has 2 aromatic rings. The van der Waals surface area contributed by atoms with Crippen molar-refractivity contribution in [2.45, 2.75) is 0 Å². The normalized spacial score (nSPS) is 10.7. The van der Waals surface area contributed by atoms with Gasteiger partial charge in [-0.25, -0.2) is 9.97 Å². The fraction of sp³-hybridized carbons (Fsp3) is 0.111. The first-order valence-electron chi connectivity index (χ1n) is 4.12. The second kappa shape index (κ2) is 4.00. The van der Waals surface area contributed by atoms with Crippen LogP contribution >= 0.6 is 34.8 Å². The first kappa shape index (κ1) is 10.7. The Morgan fingerprint density at radius 3 is 2.53 bits per heavy atom. The standard InChI is InChI=1S/C9H6Cl3N3/c1-13-8-5-2-4(10)3-6(11)7(5)14-9(12)15-8/h2-3H,1H3,(H,13,14,15). The van der Waals surface area contributed by atoms with E-state index in [9.17, 15) is 0 Å². The van der Waals surface area contributed by atoms with E-state index < -0.39 is 0 Å². The Morgan fingerprint density at radius 1 is 1.13 bits per heavy atom. The third-order valence-corrected chi connectivity index (χ3v) is 2.60. The van der Waals surface area contributed by atoms with Crippen molar-refractivity contribution in [2.75, 3.05) is 12.4 Å². The largest absolute Gasteiger partial charge is 0.372 e. The molecule has 1 N–H and O–H groups in total. The van der Waals surface area contributed by atoms with Crippen molar-refractivity contribution in [3.63, 3.8) is 0 Å². The summed E-state index contributed by atoms with van der Waals surface area (Å²) in [7, 11) is 1.74. The lowest BCUT2D eigenvalue weighted by Gasteiger charge is -2.06. The summed E-state index contributed by atoms with van der Waals surface area (Å²) >= 11 is 17.7. The van der Waals surface area contributed by atoms with Crippen LogP contribution in [0.25, 0.3) is 10.9 Å². The van der Waals surface area contributed by atoms with Crippen molar-refractivity contribution < 1.29 is 0 Å². The van der Waals surface area contributed by atoms with Crippen LogP contribution < -0.4 is 5.32 Å². The van der Waals surface area contributed by atoms with E-state index in [4.69, 9.17) is 34.8 Å². The molecule has 1 aromatic carbocycles. The van der Waals surface area contributed by atoms with Crippen molar-refractivity contribution in [1.82, 2.24) is 9.97 Å². The van der Waals surface area contributed by atoms with Gasteiger partial charge in [0.25, 0.3) is 0 Å².